The standard InChI is InChI=1S/C9H20N2/c1-8-4-6-10-9(8)5-7-11(2)3/h8-10H,4-7H2,1-3H3/t8-,9+/m1/s1. The van der Waals surface area contributed by atoms with Crippen molar-refractivity contribution in [3.05, 3.63) is 0 Å². The Balaban J connectivity index is 2.15. The fraction of sp³-hybridized carbons (Fsp3) is 1.00. The fourth-order valence-corrected chi connectivity index (χ4v) is 1.68. The van der Waals surface area contributed by atoms with E-state index in [2.05, 4.69) is 31.2 Å². The van der Waals surface area contributed by atoms with E-state index in [9.17, 15) is 0 Å². The SMILES string of the molecule is C[C@@H]1CCN[C@H]1CCN(C)C. The van der Waals surface area contributed by atoms with Crippen LogP contribution in [0.4, 0.5) is 0 Å². The van der Waals surface area contributed by atoms with Crippen LogP contribution in [-0.4, -0.2) is 38.1 Å². The van der Waals surface area contributed by atoms with E-state index in [1.807, 2.05) is 0 Å². The van der Waals surface area contributed by atoms with Gasteiger partial charge in [0, 0.05) is 6.04 Å². The summed E-state index contributed by atoms with van der Waals surface area (Å²) in [5, 5.41) is 3.54. The van der Waals surface area contributed by atoms with Gasteiger partial charge in [0.15, 0.2) is 0 Å². The molecule has 0 aromatic carbocycles. The number of nitrogens with one attached hydrogen (secondary N) is 1. The first-order valence-electron chi connectivity index (χ1n) is 4.58. The van der Waals surface area contributed by atoms with Gasteiger partial charge in [0.2, 0.25) is 0 Å². The van der Waals surface area contributed by atoms with Crippen LogP contribution in [0, 0.1) is 5.92 Å². The zero-order chi connectivity index (χ0) is 8.27. The zero-order valence-electron chi connectivity index (χ0n) is 7.93. The Bertz CT molecular complexity index is 112. The van der Waals surface area contributed by atoms with Crippen LogP contribution < -0.4 is 5.32 Å². The maximum Gasteiger partial charge on any atom is 0.0105 e. The second kappa shape index (κ2) is 4.07. The van der Waals surface area contributed by atoms with E-state index >= 15 is 0 Å². The molecule has 2 nitrogen and oxygen atoms in total. The van der Waals surface area contributed by atoms with Gasteiger partial charge in [0.1, 0.15) is 0 Å². The highest BCUT2D eigenvalue weighted by Crippen LogP contribution is 2.16. The van der Waals surface area contributed by atoms with Crippen molar-refractivity contribution in [3.63, 3.8) is 0 Å². The summed E-state index contributed by atoms with van der Waals surface area (Å²) in [4.78, 5) is 2.26. The van der Waals surface area contributed by atoms with Crippen molar-refractivity contribution >= 4 is 0 Å². The van der Waals surface area contributed by atoms with Crippen molar-refractivity contribution in [1.29, 1.82) is 0 Å². The van der Waals surface area contributed by atoms with E-state index in [4.69, 9.17) is 0 Å². The predicted molar refractivity (Wildman–Crippen MR) is 48.7 cm³/mol. The van der Waals surface area contributed by atoms with Crippen molar-refractivity contribution in [3.8, 4) is 0 Å². The van der Waals surface area contributed by atoms with Gasteiger partial charge in [-0.3, -0.25) is 0 Å². The van der Waals surface area contributed by atoms with E-state index < -0.39 is 0 Å². The van der Waals surface area contributed by atoms with Gasteiger partial charge in [-0.2, -0.15) is 0 Å². The molecule has 1 aliphatic heterocycles. The van der Waals surface area contributed by atoms with Crippen LogP contribution >= 0.6 is 0 Å². The molecule has 0 aromatic heterocycles. The van der Waals surface area contributed by atoms with Crippen LogP contribution in [0.2, 0.25) is 0 Å². The van der Waals surface area contributed by atoms with Gasteiger partial charge in [-0.1, -0.05) is 6.92 Å². The summed E-state index contributed by atoms with van der Waals surface area (Å²) in [5.41, 5.74) is 0. The first-order chi connectivity index (χ1) is 5.20. The van der Waals surface area contributed by atoms with E-state index in [1.54, 1.807) is 0 Å². The van der Waals surface area contributed by atoms with Crippen LogP contribution in [-0.2, 0) is 0 Å². The first kappa shape index (κ1) is 9.01. The van der Waals surface area contributed by atoms with Gasteiger partial charge in [-0.15, -0.1) is 0 Å². The molecule has 0 amide bonds. The highest BCUT2D eigenvalue weighted by molar-refractivity contribution is 4.80. The van der Waals surface area contributed by atoms with Crippen molar-refractivity contribution in [2.45, 2.75) is 25.8 Å². The number of rotatable bonds is 3. The second-order valence-electron chi connectivity index (χ2n) is 3.92. The molecule has 66 valence electrons. The summed E-state index contributed by atoms with van der Waals surface area (Å²) in [5.74, 6) is 0.884. The molecule has 0 radical (unpaired) electrons. The zero-order valence-corrected chi connectivity index (χ0v) is 7.93. The van der Waals surface area contributed by atoms with E-state index in [1.165, 1.54) is 25.9 Å². The van der Waals surface area contributed by atoms with Crippen LogP contribution in [0.3, 0.4) is 0 Å². The minimum absolute atomic E-state index is 0.775. The maximum absolute atomic E-state index is 3.54. The minimum Gasteiger partial charge on any atom is -0.314 e. The van der Waals surface area contributed by atoms with Crippen LogP contribution in [0.5, 0.6) is 0 Å². The molecule has 1 saturated heterocycles. The van der Waals surface area contributed by atoms with Gasteiger partial charge in [-0.05, 0) is 45.9 Å². The lowest BCUT2D eigenvalue weighted by atomic mass is 10.0. The van der Waals surface area contributed by atoms with Crippen molar-refractivity contribution < 1.29 is 0 Å². The van der Waals surface area contributed by atoms with E-state index in [0.717, 1.165) is 12.0 Å². The minimum atomic E-state index is 0.775. The average Bonchev–Trinajstić information content (AvgIpc) is 2.31. The molecule has 0 aliphatic carbocycles. The molecule has 2 heteroatoms. The Morgan fingerprint density at radius 1 is 1.45 bits per heavy atom. The molecule has 0 unspecified atom stereocenters. The van der Waals surface area contributed by atoms with Gasteiger partial charge in [0.05, 0.1) is 0 Å². The lowest BCUT2D eigenvalue weighted by Crippen LogP contribution is -2.29. The van der Waals surface area contributed by atoms with Crippen molar-refractivity contribution in [2.24, 2.45) is 5.92 Å². The van der Waals surface area contributed by atoms with Crippen molar-refractivity contribution in [2.75, 3.05) is 27.2 Å². The monoisotopic (exact) mass is 156 g/mol. The Labute approximate surface area is 70.0 Å². The molecule has 0 aromatic rings. The molecule has 1 rings (SSSR count). The number of nitrogens with zero attached hydrogens (tertiary/aromatic N) is 1. The Morgan fingerprint density at radius 2 is 2.18 bits per heavy atom. The molecule has 1 fully saturated rings. The summed E-state index contributed by atoms with van der Waals surface area (Å²) in [6.45, 7) is 4.78. The summed E-state index contributed by atoms with van der Waals surface area (Å²) in [7, 11) is 4.28. The molecule has 1 N–H and O–H groups in total. The average molecular weight is 156 g/mol. The first-order valence-corrected chi connectivity index (χ1v) is 4.58. The summed E-state index contributed by atoms with van der Waals surface area (Å²) < 4.78 is 0. The second-order valence-corrected chi connectivity index (χ2v) is 3.92. The van der Waals surface area contributed by atoms with Gasteiger partial charge >= 0.3 is 0 Å². The Kier molecular flexibility index (Phi) is 3.34. The highest BCUT2D eigenvalue weighted by Gasteiger charge is 2.21. The van der Waals surface area contributed by atoms with Crippen LogP contribution in [0.15, 0.2) is 0 Å². The molecule has 2 atom stereocenters. The molecule has 0 spiro atoms. The third kappa shape index (κ3) is 2.80. The Hall–Kier alpha value is -0.0800. The predicted octanol–water partition coefficient (Wildman–Crippen LogP) is 0.936. The fourth-order valence-electron chi connectivity index (χ4n) is 1.68. The van der Waals surface area contributed by atoms with Crippen LogP contribution in [0.25, 0.3) is 0 Å². The summed E-state index contributed by atoms with van der Waals surface area (Å²) in [6.07, 6.45) is 2.66. The molecular weight excluding hydrogens is 136 g/mol. The quantitative estimate of drug-likeness (QED) is 0.654. The summed E-state index contributed by atoms with van der Waals surface area (Å²) in [6, 6.07) is 0.775. The molecule has 0 saturated carbocycles. The molecule has 1 aliphatic rings. The molecular formula is C9H20N2. The lowest BCUT2D eigenvalue weighted by molar-refractivity contribution is 0.347. The number of hydrogen-bond donors (Lipinski definition) is 1. The third-order valence-electron chi connectivity index (χ3n) is 2.58. The lowest BCUT2D eigenvalue weighted by Gasteiger charge is -2.17. The number of hydrogen-bond acceptors (Lipinski definition) is 2. The van der Waals surface area contributed by atoms with Crippen molar-refractivity contribution in [1.82, 2.24) is 10.2 Å². The largest absolute Gasteiger partial charge is 0.314 e. The third-order valence-corrected chi connectivity index (χ3v) is 2.58. The van der Waals surface area contributed by atoms with Gasteiger partial charge in [-0.25, -0.2) is 0 Å². The molecule has 1 heterocycles. The maximum atomic E-state index is 3.54. The normalized spacial score (nSPS) is 31.6. The van der Waals surface area contributed by atoms with Crippen LogP contribution in [0.1, 0.15) is 19.8 Å². The smallest absolute Gasteiger partial charge is 0.0105 e. The summed E-state index contributed by atoms with van der Waals surface area (Å²) >= 11 is 0. The van der Waals surface area contributed by atoms with Gasteiger partial charge in [0.25, 0.3) is 0 Å². The molecule has 11 heavy (non-hydrogen) atoms. The van der Waals surface area contributed by atoms with Gasteiger partial charge < -0.3 is 10.2 Å². The van der Waals surface area contributed by atoms with E-state index in [0.29, 0.717) is 0 Å². The Morgan fingerprint density at radius 3 is 2.64 bits per heavy atom. The topological polar surface area (TPSA) is 15.3 Å². The van der Waals surface area contributed by atoms with E-state index in [-0.39, 0.29) is 0 Å². The molecule has 0 bridgehead atoms. The highest BCUT2D eigenvalue weighted by atomic mass is 15.1.